The highest BCUT2D eigenvalue weighted by atomic mass is 16.5. The monoisotopic (exact) mass is 342 g/mol. The van der Waals surface area contributed by atoms with Gasteiger partial charge in [0.1, 0.15) is 11.7 Å². The van der Waals surface area contributed by atoms with Crippen LogP contribution < -0.4 is 11.3 Å². The number of nitrogens with two attached hydrogens (primary N) is 1. The molecule has 0 radical (unpaired) electrons. The first-order chi connectivity index (χ1) is 11.9. The molecule has 7 nitrogen and oxygen atoms in total. The van der Waals surface area contributed by atoms with Crippen molar-refractivity contribution in [1.29, 1.82) is 0 Å². The molecular weight excluding hydrogens is 320 g/mol. The number of aryl methyl sites for hydroxylation is 2. The molecule has 25 heavy (non-hydrogen) atoms. The van der Waals surface area contributed by atoms with Gasteiger partial charge in [0, 0.05) is 30.7 Å². The number of pyridine rings is 2. The molecule has 1 fully saturated rings. The summed E-state index contributed by atoms with van der Waals surface area (Å²) in [6, 6.07) is 6.91. The molecular formula is C18H22N4O3. The van der Waals surface area contributed by atoms with E-state index >= 15 is 0 Å². The Bertz CT molecular complexity index is 855. The summed E-state index contributed by atoms with van der Waals surface area (Å²) in [5.41, 5.74) is 8.69. The Hall–Kier alpha value is -2.67. The molecule has 0 saturated carbocycles. The highest BCUT2D eigenvalue weighted by Gasteiger charge is 2.28. The second kappa shape index (κ2) is 6.68. The summed E-state index contributed by atoms with van der Waals surface area (Å²) in [4.78, 5) is 31.3. The minimum Gasteiger partial charge on any atom is -0.399 e. The molecule has 2 aromatic heterocycles. The molecule has 1 saturated heterocycles. The van der Waals surface area contributed by atoms with Crippen molar-refractivity contribution in [1.82, 2.24) is 14.5 Å². The number of rotatable bonds is 2. The van der Waals surface area contributed by atoms with Crippen LogP contribution in [-0.2, 0) is 11.8 Å². The number of ether oxygens (including phenoxy) is 1. The Morgan fingerprint density at radius 3 is 2.80 bits per heavy atom. The van der Waals surface area contributed by atoms with Crippen LogP contribution in [0.15, 0.2) is 29.1 Å². The van der Waals surface area contributed by atoms with E-state index in [9.17, 15) is 9.59 Å². The Balaban J connectivity index is 1.85. The summed E-state index contributed by atoms with van der Waals surface area (Å²) in [5, 5.41) is 0. The number of nitrogen functional groups attached to an aromatic ring is 1. The van der Waals surface area contributed by atoms with E-state index in [-0.39, 0.29) is 23.1 Å². The standard InChI is InChI=1S/C18H22N4O3/c1-11-8-13(19)9-15(20-11)16-10-22(6-7-25-16)18(24)14-5-4-12(2)21(3)17(14)23/h4-5,8-9,16H,6-7,10H2,1-3H3,(H2,19,20)/t16-/m0/s1. The number of hydrogen-bond acceptors (Lipinski definition) is 5. The molecule has 1 atom stereocenters. The molecule has 3 rings (SSSR count). The third kappa shape index (κ3) is 3.41. The summed E-state index contributed by atoms with van der Waals surface area (Å²) in [5.74, 6) is -0.283. The van der Waals surface area contributed by atoms with Gasteiger partial charge in [0.05, 0.1) is 18.8 Å². The van der Waals surface area contributed by atoms with Gasteiger partial charge in [-0.2, -0.15) is 0 Å². The zero-order valence-corrected chi connectivity index (χ0v) is 14.7. The Morgan fingerprint density at radius 1 is 1.32 bits per heavy atom. The minimum absolute atomic E-state index is 0.172. The summed E-state index contributed by atoms with van der Waals surface area (Å²) < 4.78 is 7.25. The Kier molecular flexibility index (Phi) is 4.59. The normalized spacial score (nSPS) is 17.6. The first-order valence-corrected chi connectivity index (χ1v) is 8.18. The van der Waals surface area contributed by atoms with Crippen LogP contribution in [0.25, 0.3) is 0 Å². The number of carbonyl (C=O) groups excluding carboxylic acids is 1. The SMILES string of the molecule is Cc1cc(N)cc([C@@H]2CN(C(=O)c3ccc(C)n(C)c3=O)CCO2)n1. The third-order valence-electron chi connectivity index (χ3n) is 4.46. The molecule has 7 heteroatoms. The maximum atomic E-state index is 12.8. The topological polar surface area (TPSA) is 90.5 Å². The second-order valence-electron chi connectivity index (χ2n) is 6.33. The number of amides is 1. The van der Waals surface area contributed by atoms with Crippen molar-refractivity contribution >= 4 is 11.6 Å². The number of aromatic nitrogens is 2. The zero-order chi connectivity index (χ0) is 18.1. The van der Waals surface area contributed by atoms with Gasteiger partial charge >= 0.3 is 0 Å². The van der Waals surface area contributed by atoms with Crippen molar-refractivity contribution in [2.75, 3.05) is 25.4 Å². The largest absolute Gasteiger partial charge is 0.399 e. The number of anilines is 1. The number of carbonyl (C=O) groups is 1. The van der Waals surface area contributed by atoms with Gasteiger partial charge in [-0.1, -0.05) is 0 Å². The number of nitrogens with zero attached hydrogens (tertiary/aromatic N) is 3. The first-order valence-electron chi connectivity index (χ1n) is 8.18. The Morgan fingerprint density at radius 2 is 2.08 bits per heavy atom. The summed E-state index contributed by atoms with van der Waals surface area (Å²) in [6.45, 7) is 4.85. The summed E-state index contributed by atoms with van der Waals surface area (Å²) in [7, 11) is 1.66. The maximum absolute atomic E-state index is 12.8. The van der Waals surface area contributed by atoms with Crippen LogP contribution in [0.1, 0.15) is 33.5 Å². The van der Waals surface area contributed by atoms with Crippen molar-refractivity contribution < 1.29 is 9.53 Å². The molecule has 0 aromatic carbocycles. The fourth-order valence-corrected chi connectivity index (χ4v) is 2.96. The van der Waals surface area contributed by atoms with Crippen molar-refractivity contribution in [3.63, 3.8) is 0 Å². The first kappa shape index (κ1) is 17.2. The van der Waals surface area contributed by atoms with Gasteiger partial charge in [-0.3, -0.25) is 14.6 Å². The smallest absolute Gasteiger partial charge is 0.263 e. The lowest BCUT2D eigenvalue weighted by Gasteiger charge is -2.32. The van der Waals surface area contributed by atoms with Gasteiger partial charge in [0.2, 0.25) is 0 Å². The van der Waals surface area contributed by atoms with E-state index in [4.69, 9.17) is 10.5 Å². The fraction of sp³-hybridized carbons (Fsp3) is 0.389. The molecule has 0 bridgehead atoms. The van der Waals surface area contributed by atoms with E-state index in [0.717, 1.165) is 11.4 Å². The predicted octanol–water partition coefficient (Wildman–Crippen LogP) is 1.19. The molecule has 3 heterocycles. The number of morpholine rings is 1. The lowest BCUT2D eigenvalue weighted by atomic mass is 10.1. The zero-order valence-electron chi connectivity index (χ0n) is 14.7. The van der Waals surface area contributed by atoms with Crippen LogP contribution in [0, 0.1) is 13.8 Å². The van der Waals surface area contributed by atoms with E-state index < -0.39 is 0 Å². The summed E-state index contributed by atoms with van der Waals surface area (Å²) >= 11 is 0. The average Bonchev–Trinajstić information content (AvgIpc) is 2.58. The van der Waals surface area contributed by atoms with Crippen LogP contribution in [0.3, 0.4) is 0 Å². The van der Waals surface area contributed by atoms with Crippen molar-refractivity contribution in [3.8, 4) is 0 Å². The van der Waals surface area contributed by atoms with Crippen molar-refractivity contribution in [2.24, 2.45) is 7.05 Å². The molecule has 2 aromatic rings. The molecule has 0 spiro atoms. The van der Waals surface area contributed by atoms with E-state index in [2.05, 4.69) is 4.98 Å². The van der Waals surface area contributed by atoms with Crippen molar-refractivity contribution in [2.45, 2.75) is 20.0 Å². The van der Waals surface area contributed by atoms with Gasteiger partial charge in [0.15, 0.2) is 0 Å². The quantitative estimate of drug-likeness (QED) is 0.885. The van der Waals surface area contributed by atoms with Crippen LogP contribution >= 0.6 is 0 Å². The molecule has 1 amide bonds. The predicted molar refractivity (Wildman–Crippen MR) is 94.4 cm³/mol. The van der Waals surface area contributed by atoms with Gasteiger partial charge in [-0.05, 0) is 38.1 Å². The van der Waals surface area contributed by atoms with Crippen LogP contribution in [0.5, 0.6) is 0 Å². The van der Waals surface area contributed by atoms with Crippen molar-refractivity contribution in [3.05, 3.63) is 57.3 Å². The van der Waals surface area contributed by atoms with Crippen LogP contribution in [0.4, 0.5) is 5.69 Å². The van der Waals surface area contributed by atoms with Gasteiger partial charge in [-0.15, -0.1) is 0 Å². The van der Waals surface area contributed by atoms with E-state index in [1.165, 1.54) is 4.57 Å². The molecule has 0 aliphatic carbocycles. The molecule has 132 valence electrons. The van der Waals surface area contributed by atoms with E-state index in [1.54, 1.807) is 36.2 Å². The van der Waals surface area contributed by atoms with Gasteiger partial charge < -0.3 is 19.9 Å². The maximum Gasteiger partial charge on any atom is 0.263 e. The lowest BCUT2D eigenvalue weighted by Crippen LogP contribution is -2.44. The van der Waals surface area contributed by atoms with E-state index in [1.807, 2.05) is 13.8 Å². The molecule has 1 aliphatic rings. The van der Waals surface area contributed by atoms with Crippen LogP contribution in [-0.4, -0.2) is 40.1 Å². The van der Waals surface area contributed by atoms with Crippen LogP contribution in [0.2, 0.25) is 0 Å². The highest BCUT2D eigenvalue weighted by Crippen LogP contribution is 2.23. The minimum atomic E-state index is -0.353. The molecule has 0 unspecified atom stereocenters. The Labute approximate surface area is 146 Å². The van der Waals surface area contributed by atoms with Gasteiger partial charge in [-0.25, -0.2) is 0 Å². The van der Waals surface area contributed by atoms with Gasteiger partial charge in [0.25, 0.3) is 11.5 Å². The van der Waals surface area contributed by atoms with E-state index in [0.29, 0.717) is 31.1 Å². The number of hydrogen-bond donors (Lipinski definition) is 1. The second-order valence-corrected chi connectivity index (χ2v) is 6.33. The highest BCUT2D eigenvalue weighted by molar-refractivity contribution is 5.94. The fourth-order valence-electron chi connectivity index (χ4n) is 2.96. The third-order valence-corrected chi connectivity index (χ3v) is 4.46. The lowest BCUT2D eigenvalue weighted by molar-refractivity contribution is -0.0248. The average molecular weight is 342 g/mol. The molecule has 2 N–H and O–H groups in total. The summed E-state index contributed by atoms with van der Waals surface area (Å²) in [6.07, 6.45) is -0.353. The molecule has 1 aliphatic heterocycles.